The van der Waals surface area contributed by atoms with Crippen LogP contribution in [-0.4, -0.2) is 34.3 Å². The lowest BCUT2D eigenvalue weighted by Gasteiger charge is -2.14. The van der Waals surface area contributed by atoms with Gasteiger partial charge in [-0.05, 0) is 13.8 Å². The zero-order valence-electron chi connectivity index (χ0n) is 9.03. The quantitative estimate of drug-likeness (QED) is 0.773. The Labute approximate surface area is 83.7 Å². The molecule has 0 fully saturated rings. The van der Waals surface area contributed by atoms with Crippen LogP contribution in [0.3, 0.4) is 0 Å². The highest BCUT2D eigenvalue weighted by Crippen LogP contribution is 2.11. The van der Waals surface area contributed by atoms with Crippen molar-refractivity contribution in [3.8, 4) is 0 Å². The van der Waals surface area contributed by atoms with Crippen LogP contribution < -0.4 is 5.32 Å². The van der Waals surface area contributed by atoms with Crippen LogP contribution in [-0.2, 0) is 7.05 Å². The van der Waals surface area contributed by atoms with Gasteiger partial charge in [-0.15, -0.1) is 0 Å². The Bertz CT molecular complexity index is 332. The van der Waals surface area contributed by atoms with Crippen LogP contribution >= 0.6 is 0 Å². The van der Waals surface area contributed by atoms with Crippen molar-refractivity contribution < 1.29 is 4.79 Å². The molecule has 0 saturated heterocycles. The molecule has 1 aromatic heterocycles. The summed E-state index contributed by atoms with van der Waals surface area (Å²) in [7, 11) is 3.58. The van der Waals surface area contributed by atoms with E-state index in [0.29, 0.717) is 6.54 Å². The lowest BCUT2D eigenvalue weighted by atomic mass is 10.4. The molecule has 14 heavy (non-hydrogen) atoms. The predicted octanol–water partition coefficient (Wildman–Crippen LogP) is 1.21. The van der Waals surface area contributed by atoms with Gasteiger partial charge in [0.2, 0.25) is 0 Å². The molecule has 0 saturated carbocycles. The Morgan fingerprint density at radius 2 is 2.36 bits per heavy atom. The van der Waals surface area contributed by atoms with Crippen molar-refractivity contribution in [2.45, 2.75) is 13.8 Å². The first-order chi connectivity index (χ1) is 6.54. The molecule has 2 amide bonds. The molecule has 5 nitrogen and oxygen atoms in total. The third kappa shape index (κ3) is 2.25. The van der Waals surface area contributed by atoms with E-state index in [-0.39, 0.29) is 6.03 Å². The number of amides is 2. The fraction of sp³-hybridized carbons (Fsp3) is 0.556. The van der Waals surface area contributed by atoms with Gasteiger partial charge in [-0.1, -0.05) is 0 Å². The molecule has 0 unspecified atom stereocenters. The van der Waals surface area contributed by atoms with Gasteiger partial charge in [0.1, 0.15) is 0 Å². The Hall–Kier alpha value is -1.52. The Balaban J connectivity index is 2.69. The second-order valence-electron chi connectivity index (χ2n) is 3.25. The number of aryl methyl sites for hydroxylation is 2. The molecule has 1 rings (SSSR count). The van der Waals surface area contributed by atoms with Crippen molar-refractivity contribution in [2.75, 3.05) is 18.9 Å². The summed E-state index contributed by atoms with van der Waals surface area (Å²) in [5.41, 5.74) is 1.59. The van der Waals surface area contributed by atoms with E-state index in [0.717, 1.165) is 11.4 Å². The standard InChI is InChI=1S/C9H16N4O/c1-5-12(3)9(14)10-8-6-13(4)11-7(8)2/h6H,5H2,1-4H3,(H,10,14). The predicted molar refractivity (Wildman–Crippen MR) is 55.3 cm³/mol. The van der Waals surface area contributed by atoms with E-state index in [2.05, 4.69) is 10.4 Å². The molecule has 1 heterocycles. The summed E-state index contributed by atoms with van der Waals surface area (Å²) in [5, 5.41) is 6.92. The number of aromatic nitrogens is 2. The third-order valence-electron chi connectivity index (χ3n) is 2.08. The normalized spacial score (nSPS) is 10.0. The fourth-order valence-corrected chi connectivity index (χ4v) is 1.08. The molecule has 1 aromatic rings. The highest BCUT2D eigenvalue weighted by atomic mass is 16.2. The maximum atomic E-state index is 11.5. The van der Waals surface area contributed by atoms with E-state index in [1.165, 1.54) is 0 Å². The first-order valence-electron chi connectivity index (χ1n) is 4.57. The molecule has 0 aliphatic carbocycles. The highest BCUT2D eigenvalue weighted by molar-refractivity contribution is 5.89. The molecule has 0 atom stereocenters. The average molecular weight is 196 g/mol. The zero-order chi connectivity index (χ0) is 10.7. The van der Waals surface area contributed by atoms with E-state index in [9.17, 15) is 4.79 Å². The van der Waals surface area contributed by atoms with Crippen LogP contribution in [0.4, 0.5) is 10.5 Å². The molecule has 0 aliphatic heterocycles. The van der Waals surface area contributed by atoms with Crippen molar-refractivity contribution in [3.05, 3.63) is 11.9 Å². The number of urea groups is 1. The molecule has 78 valence electrons. The van der Waals surface area contributed by atoms with Gasteiger partial charge in [0.25, 0.3) is 0 Å². The summed E-state index contributed by atoms with van der Waals surface area (Å²) in [4.78, 5) is 13.1. The van der Waals surface area contributed by atoms with Crippen molar-refractivity contribution in [2.24, 2.45) is 7.05 Å². The molecular formula is C9H16N4O. The summed E-state index contributed by atoms with van der Waals surface area (Å²) < 4.78 is 1.68. The van der Waals surface area contributed by atoms with Crippen LogP contribution in [0.2, 0.25) is 0 Å². The Morgan fingerprint density at radius 3 is 2.79 bits per heavy atom. The number of hydrogen-bond acceptors (Lipinski definition) is 2. The number of anilines is 1. The second kappa shape index (κ2) is 4.13. The molecule has 1 N–H and O–H groups in total. The van der Waals surface area contributed by atoms with E-state index in [1.807, 2.05) is 20.9 Å². The van der Waals surface area contributed by atoms with E-state index < -0.39 is 0 Å². The van der Waals surface area contributed by atoms with Gasteiger partial charge in [-0.2, -0.15) is 5.10 Å². The lowest BCUT2D eigenvalue weighted by molar-refractivity contribution is 0.224. The number of carbonyl (C=O) groups excluding carboxylic acids is 1. The minimum Gasteiger partial charge on any atom is -0.328 e. The van der Waals surface area contributed by atoms with Gasteiger partial charge < -0.3 is 10.2 Å². The minimum atomic E-state index is -0.108. The molecule has 0 aromatic carbocycles. The first-order valence-corrected chi connectivity index (χ1v) is 4.57. The number of nitrogens with zero attached hydrogens (tertiary/aromatic N) is 3. The maximum Gasteiger partial charge on any atom is 0.321 e. The molecule has 0 aliphatic rings. The third-order valence-corrected chi connectivity index (χ3v) is 2.08. The highest BCUT2D eigenvalue weighted by Gasteiger charge is 2.09. The van der Waals surface area contributed by atoms with Crippen LogP contribution in [0.1, 0.15) is 12.6 Å². The Morgan fingerprint density at radius 1 is 1.71 bits per heavy atom. The van der Waals surface area contributed by atoms with Gasteiger partial charge in [-0.3, -0.25) is 4.68 Å². The zero-order valence-corrected chi connectivity index (χ0v) is 9.03. The second-order valence-corrected chi connectivity index (χ2v) is 3.25. The van der Waals surface area contributed by atoms with Crippen LogP contribution in [0.25, 0.3) is 0 Å². The summed E-state index contributed by atoms with van der Waals surface area (Å²) >= 11 is 0. The van der Waals surface area contributed by atoms with Gasteiger partial charge >= 0.3 is 6.03 Å². The summed E-state index contributed by atoms with van der Waals surface area (Å²) in [5.74, 6) is 0. The van der Waals surface area contributed by atoms with Crippen molar-refractivity contribution >= 4 is 11.7 Å². The maximum absolute atomic E-state index is 11.5. The first kappa shape index (κ1) is 10.6. The fourth-order valence-electron chi connectivity index (χ4n) is 1.08. The van der Waals surface area contributed by atoms with Gasteiger partial charge in [0, 0.05) is 26.8 Å². The number of carbonyl (C=O) groups is 1. The van der Waals surface area contributed by atoms with Gasteiger partial charge in [-0.25, -0.2) is 4.79 Å². The van der Waals surface area contributed by atoms with Crippen LogP contribution in [0.5, 0.6) is 0 Å². The smallest absolute Gasteiger partial charge is 0.321 e. The molecule has 5 heteroatoms. The Kier molecular flexibility index (Phi) is 3.11. The van der Waals surface area contributed by atoms with Gasteiger partial charge in [0.05, 0.1) is 11.4 Å². The number of hydrogen-bond donors (Lipinski definition) is 1. The van der Waals surface area contributed by atoms with Crippen molar-refractivity contribution in [1.82, 2.24) is 14.7 Å². The largest absolute Gasteiger partial charge is 0.328 e. The van der Waals surface area contributed by atoms with Crippen LogP contribution in [0.15, 0.2) is 6.20 Å². The SMILES string of the molecule is CCN(C)C(=O)Nc1cn(C)nc1C. The molecule has 0 bridgehead atoms. The topological polar surface area (TPSA) is 50.2 Å². The number of nitrogens with one attached hydrogen (secondary N) is 1. The van der Waals surface area contributed by atoms with Crippen molar-refractivity contribution in [1.29, 1.82) is 0 Å². The molecule has 0 spiro atoms. The van der Waals surface area contributed by atoms with Crippen molar-refractivity contribution in [3.63, 3.8) is 0 Å². The lowest BCUT2D eigenvalue weighted by Crippen LogP contribution is -2.31. The van der Waals surface area contributed by atoms with E-state index in [1.54, 1.807) is 22.8 Å². The van der Waals surface area contributed by atoms with E-state index >= 15 is 0 Å². The summed E-state index contributed by atoms with van der Waals surface area (Å²) in [6.45, 7) is 4.47. The molecular weight excluding hydrogens is 180 g/mol. The summed E-state index contributed by atoms with van der Waals surface area (Å²) in [6.07, 6.45) is 1.79. The molecule has 0 radical (unpaired) electrons. The van der Waals surface area contributed by atoms with E-state index in [4.69, 9.17) is 0 Å². The summed E-state index contributed by atoms with van der Waals surface area (Å²) in [6, 6.07) is -0.108. The minimum absolute atomic E-state index is 0.108. The monoisotopic (exact) mass is 196 g/mol. The number of rotatable bonds is 2. The average Bonchev–Trinajstić information content (AvgIpc) is 2.44. The van der Waals surface area contributed by atoms with Gasteiger partial charge in [0.15, 0.2) is 0 Å². The van der Waals surface area contributed by atoms with Crippen LogP contribution in [0, 0.1) is 6.92 Å².